The molecule has 0 radical (unpaired) electrons. The Morgan fingerprint density at radius 3 is 2.64 bits per heavy atom. The van der Waals surface area contributed by atoms with Crippen molar-refractivity contribution >= 4 is 17.5 Å². The highest BCUT2D eigenvalue weighted by molar-refractivity contribution is 6.12. The smallest absolute Gasteiger partial charge is 0.277 e. The first-order valence-corrected chi connectivity index (χ1v) is 11.2. The molecule has 2 amide bonds. The van der Waals surface area contributed by atoms with Crippen molar-refractivity contribution in [3.05, 3.63) is 71.4 Å². The normalized spacial score (nSPS) is 17.7. The molecule has 0 saturated heterocycles. The van der Waals surface area contributed by atoms with Gasteiger partial charge in [-0.25, -0.2) is 0 Å². The Hall–Kier alpha value is -3.45. The van der Waals surface area contributed by atoms with E-state index in [0.29, 0.717) is 31.0 Å². The third-order valence-corrected chi connectivity index (χ3v) is 6.13. The van der Waals surface area contributed by atoms with Crippen molar-refractivity contribution in [3.63, 3.8) is 0 Å². The summed E-state index contributed by atoms with van der Waals surface area (Å²) in [6.45, 7) is 7.03. The van der Waals surface area contributed by atoms with Crippen molar-refractivity contribution < 1.29 is 14.3 Å². The van der Waals surface area contributed by atoms with Crippen molar-refractivity contribution in [2.45, 2.75) is 39.3 Å². The molecular weight excluding hydrogens is 416 g/mol. The van der Waals surface area contributed by atoms with Crippen LogP contribution in [0.1, 0.15) is 35.0 Å². The topological polar surface area (TPSA) is 76.5 Å². The van der Waals surface area contributed by atoms with Gasteiger partial charge in [0.05, 0.1) is 12.2 Å². The molecule has 1 aliphatic rings. The van der Waals surface area contributed by atoms with Gasteiger partial charge in [0.2, 0.25) is 5.91 Å². The largest absolute Gasteiger partial charge is 0.385 e. The van der Waals surface area contributed by atoms with E-state index in [9.17, 15) is 9.59 Å². The average molecular weight is 447 g/mol. The second kappa shape index (κ2) is 9.19. The van der Waals surface area contributed by atoms with Crippen LogP contribution in [0.5, 0.6) is 0 Å². The van der Waals surface area contributed by atoms with Crippen LogP contribution in [0.3, 0.4) is 0 Å². The van der Waals surface area contributed by atoms with Crippen molar-refractivity contribution in [1.29, 1.82) is 0 Å². The summed E-state index contributed by atoms with van der Waals surface area (Å²) in [6, 6.07) is 17.5. The van der Waals surface area contributed by atoms with Gasteiger partial charge in [0.25, 0.3) is 5.91 Å². The highest BCUT2D eigenvalue weighted by Gasteiger charge is 2.49. The lowest BCUT2D eigenvalue weighted by Crippen LogP contribution is -2.64. The molecule has 3 aromatic rings. The van der Waals surface area contributed by atoms with Crippen molar-refractivity contribution in [3.8, 4) is 11.3 Å². The van der Waals surface area contributed by atoms with Gasteiger partial charge in [0.15, 0.2) is 0 Å². The minimum Gasteiger partial charge on any atom is -0.385 e. The van der Waals surface area contributed by atoms with Gasteiger partial charge in [-0.15, -0.1) is 0 Å². The number of fused-ring (bicyclic) bond motifs is 1. The van der Waals surface area contributed by atoms with Crippen LogP contribution >= 0.6 is 0 Å². The number of nitrogens with one attached hydrogen (secondary N) is 1. The lowest BCUT2D eigenvalue weighted by atomic mass is 9.92. The van der Waals surface area contributed by atoms with Gasteiger partial charge >= 0.3 is 0 Å². The number of carbonyl (C=O) groups excluding carboxylic acids is 2. The molecule has 1 atom stereocenters. The Balaban J connectivity index is 1.78. The zero-order valence-electron chi connectivity index (χ0n) is 19.6. The Labute approximate surface area is 194 Å². The lowest BCUT2D eigenvalue weighted by molar-refractivity contribution is -0.126. The summed E-state index contributed by atoms with van der Waals surface area (Å²) < 4.78 is 6.76. The fourth-order valence-electron chi connectivity index (χ4n) is 4.28. The van der Waals surface area contributed by atoms with Crippen LogP contribution in [0.15, 0.2) is 54.6 Å². The number of amides is 2. The summed E-state index contributed by atoms with van der Waals surface area (Å²) in [5.74, 6) is -0.450. The fraction of sp³-hybridized carbons (Fsp3) is 0.346. The predicted octanol–water partition coefficient (Wildman–Crippen LogP) is 3.74. The van der Waals surface area contributed by atoms with Crippen LogP contribution in [0.25, 0.3) is 11.3 Å². The van der Waals surface area contributed by atoms with Crippen LogP contribution < -0.4 is 10.2 Å². The molecule has 1 aliphatic heterocycles. The highest BCUT2D eigenvalue weighted by Crippen LogP contribution is 2.36. The number of anilines is 1. The molecule has 4 rings (SSSR count). The number of aryl methyl sites for hydroxylation is 2. The van der Waals surface area contributed by atoms with E-state index in [1.165, 1.54) is 0 Å². The quantitative estimate of drug-likeness (QED) is 0.561. The number of rotatable bonds is 7. The maximum Gasteiger partial charge on any atom is 0.277 e. The molecule has 0 fully saturated rings. The van der Waals surface area contributed by atoms with Gasteiger partial charge in [0, 0.05) is 31.5 Å². The second-order valence-corrected chi connectivity index (χ2v) is 8.75. The van der Waals surface area contributed by atoms with Gasteiger partial charge in [0.1, 0.15) is 11.2 Å². The number of hydrogen-bond donors (Lipinski definition) is 1. The van der Waals surface area contributed by atoms with E-state index < -0.39 is 5.54 Å². The van der Waals surface area contributed by atoms with Gasteiger partial charge in [-0.1, -0.05) is 42.5 Å². The average Bonchev–Trinajstić information content (AvgIpc) is 3.23. The van der Waals surface area contributed by atoms with E-state index in [1.807, 2.05) is 75.4 Å². The maximum absolute atomic E-state index is 13.9. The molecule has 33 heavy (non-hydrogen) atoms. The monoisotopic (exact) mass is 446 g/mol. The second-order valence-electron chi connectivity index (χ2n) is 8.75. The van der Waals surface area contributed by atoms with Gasteiger partial charge in [-0.3, -0.25) is 19.2 Å². The van der Waals surface area contributed by atoms with E-state index in [1.54, 1.807) is 16.7 Å². The van der Waals surface area contributed by atoms with E-state index in [2.05, 4.69) is 5.32 Å². The fourth-order valence-corrected chi connectivity index (χ4v) is 4.28. The molecule has 0 aliphatic carbocycles. The van der Waals surface area contributed by atoms with E-state index in [4.69, 9.17) is 9.84 Å². The molecule has 7 heteroatoms. The zero-order valence-corrected chi connectivity index (χ0v) is 19.6. The SMILES string of the molecule is COCCCNC(=O)C1(C)Cn2nc(-c3ccccc3)cc2C(=O)N1c1cc(C)ccc1C. The zero-order chi connectivity index (χ0) is 23.6. The Bertz CT molecular complexity index is 1170. The molecule has 0 spiro atoms. The molecule has 0 saturated carbocycles. The first-order valence-electron chi connectivity index (χ1n) is 11.2. The maximum atomic E-state index is 13.9. The summed E-state index contributed by atoms with van der Waals surface area (Å²) in [4.78, 5) is 29.0. The number of aromatic nitrogens is 2. The number of carbonyl (C=O) groups is 2. The Kier molecular flexibility index (Phi) is 6.33. The Morgan fingerprint density at radius 2 is 1.91 bits per heavy atom. The van der Waals surface area contributed by atoms with Crippen LogP contribution in [0.4, 0.5) is 5.69 Å². The van der Waals surface area contributed by atoms with Crippen molar-refractivity contribution in [1.82, 2.24) is 15.1 Å². The number of benzene rings is 2. The molecule has 2 heterocycles. The van der Waals surface area contributed by atoms with Crippen molar-refractivity contribution in [2.24, 2.45) is 0 Å². The van der Waals surface area contributed by atoms with E-state index in [-0.39, 0.29) is 18.4 Å². The summed E-state index contributed by atoms with van der Waals surface area (Å²) in [5.41, 5.74) is 3.66. The summed E-state index contributed by atoms with van der Waals surface area (Å²) in [7, 11) is 1.63. The van der Waals surface area contributed by atoms with Gasteiger partial charge in [-0.05, 0) is 50.5 Å². The lowest BCUT2D eigenvalue weighted by Gasteiger charge is -2.43. The number of methoxy groups -OCH3 is 1. The van der Waals surface area contributed by atoms with Crippen LogP contribution in [0.2, 0.25) is 0 Å². The molecule has 1 N–H and O–H groups in total. The molecule has 1 unspecified atom stereocenters. The Morgan fingerprint density at radius 1 is 1.15 bits per heavy atom. The molecule has 172 valence electrons. The molecular formula is C26H30N4O3. The summed E-state index contributed by atoms with van der Waals surface area (Å²) >= 11 is 0. The third kappa shape index (κ3) is 4.28. The third-order valence-electron chi connectivity index (χ3n) is 6.13. The molecule has 1 aromatic heterocycles. The molecule has 7 nitrogen and oxygen atoms in total. The van der Waals surface area contributed by atoms with Crippen molar-refractivity contribution in [2.75, 3.05) is 25.2 Å². The van der Waals surface area contributed by atoms with Gasteiger partial charge in [-0.2, -0.15) is 5.10 Å². The molecule has 2 aromatic carbocycles. The van der Waals surface area contributed by atoms with Crippen LogP contribution in [-0.4, -0.2) is 47.4 Å². The summed E-state index contributed by atoms with van der Waals surface area (Å²) in [6.07, 6.45) is 0.695. The van der Waals surface area contributed by atoms with E-state index in [0.717, 1.165) is 22.4 Å². The first-order chi connectivity index (χ1) is 15.8. The molecule has 0 bridgehead atoms. The van der Waals surface area contributed by atoms with Gasteiger partial charge < -0.3 is 10.1 Å². The van der Waals surface area contributed by atoms with Crippen LogP contribution in [-0.2, 0) is 16.1 Å². The minimum atomic E-state index is -1.14. The highest BCUT2D eigenvalue weighted by atomic mass is 16.5. The predicted molar refractivity (Wildman–Crippen MR) is 128 cm³/mol. The first kappa shape index (κ1) is 22.7. The number of nitrogens with zero attached hydrogens (tertiary/aromatic N) is 3. The van der Waals surface area contributed by atoms with E-state index >= 15 is 0 Å². The summed E-state index contributed by atoms with van der Waals surface area (Å²) in [5, 5.41) is 7.69. The number of ether oxygens (including phenoxy) is 1. The van der Waals surface area contributed by atoms with Crippen LogP contribution in [0, 0.1) is 13.8 Å². The number of hydrogen-bond acceptors (Lipinski definition) is 4. The minimum absolute atomic E-state index is 0.213. The standard InChI is InChI=1S/C26H30N4O3/c1-18-11-12-19(2)22(15-18)30-24(31)23-16-21(20-9-6-5-7-10-20)28-29(23)17-26(30,3)25(32)27-13-8-14-33-4/h5-7,9-12,15-16H,8,13-14,17H2,1-4H3,(H,27,32).